The standard InChI is InChI=1S/C23H23FN2O4S/c1-17(18-8-10-19(24)11-9-18)25-23(27)16-26(20-12-14-21(30-2)15-13-20)31(28,29)22-6-4-3-5-7-22/h3-15,17H,16H2,1-2H3,(H,25,27)/t17-/m1/s1. The summed E-state index contributed by atoms with van der Waals surface area (Å²) in [5.74, 6) is -0.302. The number of nitrogens with one attached hydrogen (secondary N) is 1. The molecule has 3 rings (SSSR count). The number of methoxy groups -OCH3 is 1. The highest BCUT2D eigenvalue weighted by molar-refractivity contribution is 7.92. The van der Waals surface area contributed by atoms with Crippen molar-refractivity contribution in [2.45, 2.75) is 17.9 Å². The molecular weight excluding hydrogens is 419 g/mol. The van der Waals surface area contributed by atoms with Gasteiger partial charge >= 0.3 is 0 Å². The van der Waals surface area contributed by atoms with E-state index in [1.165, 1.54) is 31.4 Å². The molecule has 0 aliphatic carbocycles. The minimum Gasteiger partial charge on any atom is -0.497 e. The molecule has 0 spiro atoms. The van der Waals surface area contributed by atoms with Gasteiger partial charge in [0.2, 0.25) is 5.91 Å². The third-order valence-electron chi connectivity index (χ3n) is 4.73. The summed E-state index contributed by atoms with van der Waals surface area (Å²) in [5.41, 5.74) is 1.03. The van der Waals surface area contributed by atoms with Crippen molar-refractivity contribution in [1.29, 1.82) is 0 Å². The Labute approximate surface area is 181 Å². The minimum absolute atomic E-state index is 0.0743. The Kier molecular flexibility index (Phi) is 6.91. The first-order valence-electron chi connectivity index (χ1n) is 9.58. The van der Waals surface area contributed by atoms with Crippen LogP contribution < -0.4 is 14.4 Å². The average Bonchev–Trinajstić information content (AvgIpc) is 2.78. The van der Waals surface area contributed by atoms with Crippen LogP contribution in [-0.2, 0) is 14.8 Å². The second-order valence-electron chi connectivity index (χ2n) is 6.86. The molecule has 1 amide bonds. The number of carbonyl (C=O) groups excluding carboxylic acids is 1. The van der Waals surface area contributed by atoms with E-state index in [0.717, 1.165) is 4.31 Å². The van der Waals surface area contributed by atoms with Crippen molar-refractivity contribution in [3.63, 3.8) is 0 Å². The summed E-state index contributed by atoms with van der Waals surface area (Å²) >= 11 is 0. The Morgan fingerprint density at radius 1 is 1.00 bits per heavy atom. The summed E-state index contributed by atoms with van der Waals surface area (Å²) in [6, 6.07) is 19.7. The van der Waals surface area contributed by atoms with Crippen molar-refractivity contribution in [1.82, 2.24) is 5.32 Å². The molecule has 0 unspecified atom stereocenters. The quantitative estimate of drug-likeness (QED) is 0.574. The van der Waals surface area contributed by atoms with Crippen LogP contribution in [0, 0.1) is 5.82 Å². The molecule has 0 heterocycles. The lowest BCUT2D eigenvalue weighted by Gasteiger charge is -2.25. The summed E-state index contributed by atoms with van der Waals surface area (Å²) in [5, 5.41) is 2.77. The predicted octanol–water partition coefficient (Wildman–Crippen LogP) is 3.91. The molecule has 8 heteroatoms. The van der Waals surface area contributed by atoms with Gasteiger partial charge in [-0.1, -0.05) is 30.3 Å². The van der Waals surface area contributed by atoms with Crippen LogP contribution in [0.2, 0.25) is 0 Å². The van der Waals surface area contributed by atoms with E-state index in [9.17, 15) is 17.6 Å². The zero-order chi connectivity index (χ0) is 22.4. The molecular formula is C23H23FN2O4S. The van der Waals surface area contributed by atoms with Gasteiger partial charge in [-0.2, -0.15) is 0 Å². The number of rotatable bonds is 8. The van der Waals surface area contributed by atoms with Crippen LogP contribution >= 0.6 is 0 Å². The van der Waals surface area contributed by atoms with Gasteiger partial charge in [0.05, 0.1) is 23.7 Å². The summed E-state index contributed by atoms with van der Waals surface area (Å²) in [7, 11) is -2.48. The third-order valence-corrected chi connectivity index (χ3v) is 6.51. The van der Waals surface area contributed by atoms with Gasteiger partial charge in [-0.3, -0.25) is 9.10 Å². The first kappa shape index (κ1) is 22.3. The van der Waals surface area contributed by atoms with Crippen LogP contribution in [0.5, 0.6) is 5.75 Å². The van der Waals surface area contributed by atoms with Gasteiger partial charge in [-0.05, 0) is 61.0 Å². The fraction of sp³-hybridized carbons (Fsp3) is 0.174. The van der Waals surface area contributed by atoms with Gasteiger partial charge in [0.1, 0.15) is 18.1 Å². The predicted molar refractivity (Wildman–Crippen MR) is 117 cm³/mol. The number of ether oxygens (including phenoxy) is 1. The third kappa shape index (κ3) is 5.40. The van der Waals surface area contributed by atoms with E-state index in [2.05, 4.69) is 5.32 Å². The number of benzene rings is 3. The van der Waals surface area contributed by atoms with Gasteiger partial charge in [0.15, 0.2) is 0 Å². The number of hydrogen-bond acceptors (Lipinski definition) is 4. The van der Waals surface area contributed by atoms with Crippen molar-refractivity contribution in [2.24, 2.45) is 0 Å². The Bertz CT molecular complexity index is 1120. The van der Waals surface area contributed by atoms with E-state index in [1.807, 2.05) is 0 Å². The maximum atomic E-state index is 13.3. The Morgan fingerprint density at radius 2 is 1.61 bits per heavy atom. The smallest absolute Gasteiger partial charge is 0.264 e. The number of carbonyl (C=O) groups is 1. The van der Waals surface area contributed by atoms with Crippen LogP contribution in [0.1, 0.15) is 18.5 Å². The van der Waals surface area contributed by atoms with Crippen molar-refractivity contribution < 1.29 is 22.3 Å². The topological polar surface area (TPSA) is 75.7 Å². The van der Waals surface area contributed by atoms with Gasteiger partial charge in [0.25, 0.3) is 10.0 Å². The van der Waals surface area contributed by atoms with Gasteiger partial charge in [-0.15, -0.1) is 0 Å². The molecule has 0 saturated heterocycles. The van der Waals surface area contributed by atoms with Crippen LogP contribution in [0.25, 0.3) is 0 Å². The van der Waals surface area contributed by atoms with Crippen LogP contribution in [0.3, 0.4) is 0 Å². The highest BCUT2D eigenvalue weighted by atomic mass is 32.2. The fourth-order valence-corrected chi connectivity index (χ4v) is 4.48. The molecule has 0 fully saturated rings. The number of hydrogen-bond donors (Lipinski definition) is 1. The van der Waals surface area contributed by atoms with Crippen LogP contribution in [0.15, 0.2) is 83.8 Å². The van der Waals surface area contributed by atoms with Gasteiger partial charge in [0, 0.05) is 0 Å². The van der Waals surface area contributed by atoms with Crippen molar-refractivity contribution in [3.8, 4) is 5.75 Å². The summed E-state index contributed by atoms with van der Waals surface area (Å²) < 4.78 is 45.9. The van der Waals surface area contributed by atoms with Gasteiger partial charge < -0.3 is 10.1 Å². The Hall–Kier alpha value is -3.39. The summed E-state index contributed by atoms with van der Waals surface area (Å²) in [6.07, 6.45) is 0. The molecule has 3 aromatic carbocycles. The van der Waals surface area contributed by atoms with Crippen molar-refractivity contribution in [3.05, 3.63) is 90.2 Å². The van der Waals surface area contributed by atoms with Gasteiger partial charge in [-0.25, -0.2) is 12.8 Å². The molecule has 0 bridgehead atoms. The largest absolute Gasteiger partial charge is 0.497 e. The number of nitrogens with zero attached hydrogens (tertiary/aromatic N) is 1. The molecule has 0 aliphatic heterocycles. The molecule has 6 nitrogen and oxygen atoms in total. The molecule has 1 atom stereocenters. The second-order valence-corrected chi connectivity index (χ2v) is 8.73. The minimum atomic E-state index is -3.99. The molecule has 31 heavy (non-hydrogen) atoms. The van der Waals surface area contributed by atoms with E-state index >= 15 is 0 Å². The molecule has 0 aliphatic rings. The number of sulfonamides is 1. The maximum absolute atomic E-state index is 13.3. The molecule has 0 radical (unpaired) electrons. The monoisotopic (exact) mass is 442 g/mol. The van der Waals surface area contributed by atoms with E-state index in [0.29, 0.717) is 17.0 Å². The lowest BCUT2D eigenvalue weighted by atomic mass is 10.1. The van der Waals surface area contributed by atoms with E-state index < -0.39 is 28.5 Å². The van der Waals surface area contributed by atoms with E-state index in [4.69, 9.17) is 4.74 Å². The molecule has 1 N–H and O–H groups in total. The Balaban J connectivity index is 1.87. The highest BCUT2D eigenvalue weighted by Crippen LogP contribution is 2.26. The van der Waals surface area contributed by atoms with Crippen molar-refractivity contribution >= 4 is 21.6 Å². The Morgan fingerprint density at radius 3 is 2.19 bits per heavy atom. The van der Waals surface area contributed by atoms with E-state index in [1.54, 1.807) is 61.5 Å². The number of amides is 1. The average molecular weight is 443 g/mol. The fourth-order valence-electron chi connectivity index (χ4n) is 3.04. The second kappa shape index (κ2) is 9.61. The zero-order valence-corrected chi connectivity index (χ0v) is 18.0. The maximum Gasteiger partial charge on any atom is 0.264 e. The zero-order valence-electron chi connectivity index (χ0n) is 17.2. The lowest BCUT2D eigenvalue weighted by molar-refractivity contribution is -0.120. The number of halogens is 1. The number of anilines is 1. The molecule has 162 valence electrons. The summed E-state index contributed by atoms with van der Waals surface area (Å²) in [6.45, 7) is 1.32. The first-order chi connectivity index (χ1) is 14.8. The lowest BCUT2D eigenvalue weighted by Crippen LogP contribution is -2.41. The molecule has 0 aromatic heterocycles. The normalized spacial score (nSPS) is 12.1. The highest BCUT2D eigenvalue weighted by Gasteiger charge is 2.27. The van der Waals surface area contributed by atoms with Crippen LogP contribution in [-0.4, -0.2) is 28.0 Å². The van der Waals surface area contributed by atoms with Crippen molar-refractivity contribution in [2.75, 3.05) is 18.0 Å². The molecule has 0 saturated carbocycles. The SMILES string of the molecule is COc1ccc(N(CC(=O)N[C@H](C)c2ccc(F)cc2)S(=O)(=O)c2ccccc2)cc1. The molecule has 3 aromatic rings. The summed E-state index contributed by atoms with van der Waals surface area (Å²) in [4.78, 5) is 12.8. The van der Waals surface area contributed by atoms with Crippen LogP contribution in [0.4, 0.5) is 10.1 Å². The van der Waals surface area contributed by atoms with E-state index in [-0.39, 0.29) is 10.7 Å². The first-order valence-corrected chi connectivity index (χ1v) is 11.0.